The molecule has 0 aromatic heterocycles. The minimum absolute atomic E-state index is 0.0225. The Morgan fingerprint density at radius 2 is 1.74 bits per heavy atom. The summed E-state index contributed by atoms with van der Waals surface area (Å²) in [5.74, 6) is 0.969. The summed E-state index contributed by atoms with van der Waals surface area (Å²) in [4.78, 5) is 18.1. The second-order valence-electron chi connectivity index (χ2n) is 8.71. The normalized spacial score (nSPS) is 19.1. The largest absolute Gasteiger partial charge is 0.497 e. The van der Waals surface area contributed by atoms with E-state index in [2.05, 4.69) is 27.2 Å². The summed E-state index contributed by atoms with van der Waals surface area (Å²) in [6.45, 7) is 2.20. The molecular weight excluding hydrogens is 433 g/mol. The molecule has 1 amide bonds. The van der Waals surface area contributed by atoms with Crippen LogP contribution in [-0.4, -0.2) is 45.8 Å². The highest BCUT2D eigenvalue weighted by Gasteiger charge is 2.41. The fourth-order valence-corrected chi connectivity index (χ4v) is 5.03. The van der Waals surface area contributed by atoms with E-state index < -0.39 is 0 Å². The van der Waals surface area contributed by atoms with Gasteiger partial charge in [0, 0.05) is 48.8 Å². The van der Waals surface area contributed by atoms with E-state index in [1.54, 1.807) is 26.4 Å². The number of hydrogen-bond donors (Lipinski definition) is 1. The Morgan fingerprint density at radius 3 is 2.50 bits per heavy atom. The number of carbonyl (C=O) groups is 1. The Kier molecular flexibility index (Phi) is 6.01. The molecule has 1 saturated heterocycles. The number of amides is 1. The standard InChI is InChI=1S/C27H28FN3O3/c1-33-22-5-3-4-20(15-22)29-27(32)24-14-18-6-11-23(34-2)16-25(18)31-13-12-30(17-26(24)31)21-9-7-19(28)8-10-21/h3-11,15-16,24,26H,12-14,17H2,1-2H3,(H,29,32). The van der Waals surface area contributed by atoms with Crippen LogP contribution in [0.25, 0.3) is 0 Å². The van der Waals surface area contributed by atoms with Gasteiger partial charge in [-0.05, 0) is 54.4 Å². The van der Waals surface area contributed by atoms with Crippen LogP contribution in [0.2, 0.25) is 0 Å². The van der Waals surface area contributed by atoms with Gasteiger partial charge in [-0.2, -0.15) is 0 Å². The molecule has 2 heterocycles. The first kappa shape index (κ1) is 22.1. The van der Waals surface area contributed by atoms with Gasteiger partial charge < -0.3 is 24.6 Å². The predicted molar refractivity (Wildman–Crippen MR) is 132 cm³/mol. The first-order valence-corrected chi connectivity index (χ1v) is 11.4. The van der Waals surface area contributed by atoms with Gasteiger partial charge >= 0.3 is 0 Å². The van der Waals surface area contributed by atoms with E-state index in [0.29, 0.717) is 24.4 Å². The first-order chi connectivity index (χ1) is 16.6. The smallest absolute Gasteiger partial charge is 0.229 e. The summed E-state index contributed by atoms with van der Waals surface area (Å²) in [6.07, 6.45) is 0.632. The van der Waals surface area contributed by atoms with E-state index in [1.165, 1.54) is 12.1 Å². The number of hydrogen-bond acceptors (Lipinski definition) is 5. The summed E-state index contributed by atoms with van der Waals surface area (Å²) < 4.78 is 24.3. The van der Waals surface area contributed by atoms with E-state index in [-0.39, 0.29) is 23.7 Å². The molecule has 0 spiro atoms. The maximum atomic E-state index is 13.6. The molecule has 6 nitrogen and oxygen atoms in total. The Balaban J connectivity index is 1.46. The van der Waals surface area contributed by atoms with Crippen molar-refractivity contribution in [2.75, 3.05) is 49.0 Å². The number of nitrogens with zero attached hydrogens (tertiary/aromatic N) is 2. The third kappa shape index (κ3) is 4.25. The minimum atomic E-state index is -0.254. The summed E-state index contributed by atoms with van der Waals surface area (Å²) in [5.41, 5.74) is 3.93. The van der Waals surface area contributed by atoms with Crippen molar-refractivity contribution >= 4 is 23.0 Å². The zero-order valence-electron chi connectivity index (χ0n) is 19.3. The summed E-state index contributed by atoms with van der Waals surface area (Å²) in [5, 5.41) is 3.10. The number of piperazine rings is 1. The Hall–Kier alpha value is -3.74. The number of anilines is 3. The number of nitrogens with one attached hydrogen (secondary N) is 1. The molecule has 1 N–H and O–H groups in total. The molecule has 0 saturated carbocycles. The van der Waals surface area contributed by atoms with Crippen molar-refractivity contribution in [3.8, 4) is 11.5 Å². The van der Waals surface area contributed by atoms with Gasteiger partial charge in [0.15, 0.2) is 0 Å². The van der Waals surface area contributed by atoms with Gasteiger partial charge in [-0.15, -0.1) is 0 Å². The molecule has 3 aromatic rings. The molecule has 7 heteroatoms. The Morgan fingerprint density at radius 1 is 0.971 bits per heavy atom. The van der Waals surface area contributed by atoms with Crippen LogP contribution < -0.4 is 24.6 Å². The lowest BCUT2D eigenvalue weighted by atomic mass is 9.83. The number of benzene rings is 3. The Bertz CT molecular complexity index is 1180. The van der Waals surface area contributed by atoms with Gasteiger partial charge in [-0.1, -0.05) is 12.1 Å². The molecule has 0 bridgehead atoms. The van der Waals surface area contributed by atoms with E-state index in [0.717, 1.165) is 35.8 Å². The summed E-state index contributed by atoms with van der Waals surface area (Å²) in [7, 11) is 3.27. The minimum Gasteiger partial charge on any atom is -0.497 e. The van der Waals surface area contributed by atoms with Crippen LogP contribution in [0, 0.1) is 11.7 Å². The van der Waals surface area contributed by atoms with Crippen LogP contribution in [0.4, 0.5) is 21.5 Å². The van der Waals surface area contributed by atoms with Gasteiger partial charge in [0.25, 0.3) is 0 Å². The lowest BCUT2D eigenvalue weighted by Crippen LogP contribution is -2.60. The molecule has 0 radical (unpaired) electrons. The Labute approximate surface area is 198 Å². The SMILES string of the molecule is COc1cccc(NC(=O)C2Cc3ccc(OC)cc3N3CCN(c4ccc(F)cc4)CC23)c1. The third-order valence-corrected chi connectivity index (χ3v) is 6.79. The van der Waals surface area contributed by atoms with Crippen molar-refractivity contribution in [2.45, 2.75) is 12.5 Å². The monoisotopic (exact) mass is 461 g/mol. The van der Waals surface area contributed by atoms with Crippen molar-refractivity contribution in [1.29, 1.82) is 0 Å². The second kappa shape index (κ2) is 9.25. The maximum Gasteiger partial charge on any atom is 0.229 e. The topological polar surface area (TPSA) is 54.0 Å². The van der Waals surface area contributed by atoms with Crippen molar-refractivity contribution in [1.82, 2.24) is 0 Å². The van der Waals surface area contributed by atoms with E-state index in [4.69, 9.17) is 9.47 Å². The molecule has 2 atom stereocenters. The number of ether oxygens (including phenoxy) is 2. The highest BCUT2D eigenvalue weighted by atomic mass is 19.1. The van der Waals surface area contributed by atoms with Crippen molar-refractivity contribution in [3.05, 3.63) is 78.1 Å². The van der Waals surface area contributed by atoms with Gasteiger partial charge in [0.05, 0.1) is 26.2 Å². The second-order valence-corrected chi connectivity index (χ2v) is 8.71. The molecule has 2 unspecified atom stereocenters. The van der Waals surface area contributed by atoms with Crippen molar-refractivity contribution in [3.63, 3.8) is 0 Å². The van der Waals surface area contributed by atoms with Gasteiger partial charge in [0.1, 0.15) is 17.3 Å². The predicted octanol–water partition coefficient (Wildman–Crippen LogP) is 4.35. The first-order valence-electron chi connectivity index (χ1n) is 11.4. The fraction of sp³-hybridized carbons (Fsp3) is 0.296. The zero-order valence-corrected chi connectivity index (χ0v) is 19.3. The molecule has 34 heavy (non-hydrogen) atoms. The fourth-order valence-electron chi connectivity index (χ4n) is 5.03. The van der Waals surface area contributed by atoms with Crippen molar-refractivity contribution in [2.24, 2.45) is 5.92 Å². The molecule has 176 valence electrons. The average Bonchev–Trinajstić information content (AvgIpc) is 2.88. The molecule has 2 aliphatic rings. The highest BCUT2D eigenvalue weighted by molar-refractivity contribution is 5.94. The third-order valence-electron chi connectivity index (χ3n) is 6.79. The maximum absolute atomic E-state index is 13.6. The number of fused-ring (bicyclic) bond motifs is 3. The molecule has 3 aromatic carbocycles. The lowest BCUT2D eigenvalue weighted by molar-refractivity contribution is -0.120. The molecule has 2 aliphatic heterocycles. The van der Waals surface area contributed by atoms with Crippen LogP contribution >= 0.6 is 0 Å². The van der Waals surface area contributed by atoms with E-state index >= 15 is 0 Å². The van der Waals surface area contributed by atoms with Crippen LogP contribution in [0.3, 0.4) is 0 Å². The average molecular weight is 462 g/mol. The van der Waals surface area contributed by atoms with E-state index in [1.807, 2.05) is 30.3 Å². The summed E-state index contributed by atoms with van der Waals surface area (Å²) in [6, 6.07) is 20.0. The zero-order chi connectivity index (χ0) is 23.7. The van der Waals surface area contributed by atoms with Gasteiger partial charge in [0.2, 0.25) is 5.91 Å². The number of carbonyl (C=O) groups excluding carboxylic acids is 1. The number of methoxy groups -OCH3 is 2. The number of halogens is 1. The molecule has 0 aliphatic carbocycles. The van der Waals surface area contributed by atoms with Crippen LogP contribution in [0.1, 0.15) is 5.56 Å². The van der Waals surface area contributed by atoms with Crippen molar-refractivity contribution < 1.29 is 18.7 Å². The van der Waals surface area contributed by atoms with Crippen LogP contribution in [0.5, 0.6) is 11.5 Å². The molecule has 1 fully saturated rings. The van der Waals surface area contributed by atoms with E-state index in [9.17, 15) is 9.18 Å². The molecule has 5 rings (SSSR count). The summed E-state index contributed by atoms with van der Waals surface area (Å²) >= 11 is 0. The van der Waals surface area contributed by atoms with Crippen LogP contribution in [0.15, 0.2) is 66.7 Å². The van der Waals surface area contributed by atoms with Gasteiger partial charge in [-0.3, -0.25) is 4.79 Å². The van der Waals surface area contributed by atoms with Crippen LogP contribution in [-0.2, 0) is 11.2 Å². The lowest BCUT2D eigenvalue weighted by Gasteiger charge is -2.49. The molecular formula is C27H28FN3O3. The quantitative estimate of drug-likeness (QED) is 0.612. The van der Waals surface area contributed by atoms with Gasteiger partial charge in [-0.25, -0.2) is 4.39 Å². The highest BCUT2D eigenvalue weighted by Crippen LogP contribution is 2.39. The number of rotatable bonds is 5.